The fraction of sp³-hybridized carbons (Fsp3) is 0.308. The van der Waals surface area contributed by atoms with Crippen molar-refractivity contribution in [3.63, 3.8) is 0 Å². The Balaban J connectivity index is 2.04. The summed E-state index contributed by atoms with van der Waals surface area (Å²) in [5, 5.41) is 4.94. The van der Waals surface area contributed by atoms with Crippen molar-refractivity contribution in [3.05, 3.63) is 44.8 Å². The summed E-state index contributed by atoms with van der Waals surface area (Å²) in [7, 11) is -1.67. The average molecular weight is 390 g/mol. The molecule has 1 aromatic carbocycles. The van der Waals surface area contributed by atoms with Gasteiger partial charge in [-0.25, -0.2) is 18.1 Å². The number of benzene rings is 1. The summed E-state index contributed by atoms with van der Waals surface area (Å²) in [6.07, 6.45) is 0.582. The summed E-state index contributed by atoms with van der Waals surface area (Å²) in [6.45, 7) is 1.02. The number of rotatable bonds is 7. The Hall–Kier alpha value is -0.800. The van der Waals surface area contributed by atoms with Crippen LogP contribution in [-0.2, 0) is 23.0 Å². The van der Waals surface area contributed by atoms with Crippen molar-refractivity contribution in [3.8, 4) is 0 Å². The van der Waals surface area contributed by atoms with Crippen molar-refractivity contribution in [1.82, 2.24) is 15.0 Å². The second-order valence-corrected chi connectivity index (χ2v) is 7.73. The second-order valence-electron chi connectivity index (χ2n) is 4.42. The van der Waals surface area contributed by atoms with Crippen LogP contribution in [0.3, 0.4) is 0 Å². The summed E-state index contributed by atoms with van der Waals surface area (Å²) >= 11 is 4.83. The van der Waals surface area contributed by atoms with Crippen molar-refractivity contribution in [2.45, 2.75) is 17.9 Å². The number of nitrogens with one attached hydrogen (secondary N) is 2. The van der Waals surface area contributed by atoms with Gasteiger partial charge in [0.05, 0.1) is 16.1 Å². The van der Waals surface area contributed by atoms with Gasteiger partial charge in [-0.2, -0.15) is 0 Å². The zero-order valence-electron chi connectivity index (χ0n) is 11.5. The first-order valence-corrected chi connectivity index (χ1v) is 9.54. The first-order valence-electron chi connectivity index (χ1n) is 6.32. The van der Waals surface area contributed by atoms with Gasteiger partial charge in [-0.1, -0.05) is 6.07 Å². The Labute approximate surface area is 137 Å². The lowest BCUT2D eigenvalue weighted by Crippen LogP contribution is -2.26. The van der Waals surface area contributed by atoms with Gasteiger partial charge in [0.1, 0.15) is 0 Å². The van der Waals surface area contributed by atoms with Gasteiger partial charge in [0.25, 0.3) is 0 Å². The molecule has 0 saturated heterocycles. The lowest BCUT2D eigenvalue weighted by molar-refractivity contribution is 0.581. The van der Waals surface area contributed by atoms with Gasteiger partial charge in [0.2, 0.25) is 10.0 Å². The van der Waals surface area contributed by atoms with Crippen LogP contribution in [0.1, 0.15) is 11.3 Å². The molecular formula is C13H16BrN3O2S2. The number of halogens is 1. The van der Waals surface area contributed by atoms with Gasteiger partial charge in [0, 0.05) is 29.4 Å². The highest BCUT2D eigenvalue weighted by molar-refractivity contribution is 9.10. The molecule has 1 heterocycles. The molecule has 0 amide bonds. The number of hydrogen-bond acceptors (Lipinski definition) is 5. The molecule has 0 bridgehead atoms. The minimum Gasteiger partial charge on any atom is -0.316 e. The third kappa shape index (κ3) is 4.58. The van der Waals surface area contributed by atoms with Crippen molar-refractivity contribution >= 4 is 37.3 Å². The van der Waals surface area contributed by atoms with E-state index < -0.39 is 10.0 Å². The molecule has 2 aromatic rings. The van der Waals surface area contributed by atoms with E-state index in [0.29, 0.717) is 24.0 Å². The molecule has 0 saturated carbocycles. The molecule has 2 N–H and O–H groups in total. The fourth-order valence-corrected chi connectivity index (χ4v) is 4.58. The van der Waals surface area contributed by atoms with Gasteiger partial charge < -0.3 is 5.32 Å². The summed E-state index contributed by atoms with van der Waals surface area (Å²) < 4.78 is 27.7. The number of hydrogen-bond donors (Lipinski definition) is 2. The smallest absolute Gasteiger partial charge is 0.241 e. The Morgan fingerprint density at radius 3 is 2.81 bits per heavy atom. The molecule has 0 atom stereocenters. The predicted octanol–water partition coefficient (Wildman–Crippen LogP) is 2.15. The van der Waals surface area contributed by atoms with Crippen LogP contribution in [0, 0.1) is 0 Å². The summed E-state index contributed by atoms with van der Waals surface area (Å²) in [4.78, 5) is 4.38. The first kappa shape index (κ1) is 16.6. The van der Waals surface area contributed by atoms with Gasteiger partial charge in [-0.15, -0.1) is 11.3 Å². The monoisotopic (exact) mass is 389 g/mol. The van der Waals surface area contributed by atoms with E-state index in [1.807, 2.05) is 18.5 Å². The van der Waals surface area contributed by atoms with E-state index in [0.717, 1.165) is 11.3 Å². The molecule has 1 aromatic heterocycles. The lowest BCUT2D eigenvalue weighted by Gasteiger charge is -2.09. The molecule has 5 nitrogen and oxygen atoms in total. The van der Waals surface area contributed by atoms with Crippen molar-refractivity contribution in [2.75, 3.05) is 13.6 Å². The van der Waals surface area contributed by atoms with E-state index in [1.165, 1.54) is 11.3 Å². The molecule has 21 heavy (non-hydrogen) atoms. The normalized spacial score (nSPS) is 11.7. The van der Waals surface area contributed by atoms with Gasteiger partial charge in [-0.05, 0) is 40.7 Å². The van der Waals surface area contributed by atoms with E-state index >= 15 is 0 Å². The highest BCUT2D eigenvalue weighted by atomic mass is 79.9. The fourth-order valence-electron chi connectivity index (χ4n) is 1.83. The van der Waals surface area contributed by atoms with Crippen molar-refractivity contribution < 1.29 is 8.42 Å². The molecule has 0 spiro atoms. The van der Waals surface area contributed by atoms with Gasteiger partial charge >= 0.3 is 0 Å². The molecule has 2 rings (SSSR count). The quantitative estimate of drug-likeness (QED) is 0.760. The number of sulfonamides is 1. The Morgan fingerprint density at radius 2 is 2.19 bits per heavy atom. The van der Waals surface area contributed by atoms with E-state index in [9.17, 15) is 8.42 Å². The van der Waals surface area contributed by atoms with E-state index in [2.05, 4.69) is 31.0 Å². The zero-order valence-corrected chi connectivity index (χ0v) is 14.7. The van der Waals surface area contributed by atoms with Crippen LogP contribution < -0.4 is 10.0 Å². The second kappa shape index (κ2) is 7.46. The first-order chi connectivity index (χ1) is 10.0. The highest BCUT2D eigenvalue weighted by Crippen LogP contribution is 2.23. The predicted molar refractivity (Wildman–Crippen MR) is 87.9 cm³/mol. The largest absolute Gasteiger partial charge is 0.316 e. The standard InChI is InChI=1S/C13H16BrN3O2S2/c1-15-7-10-2-3-13(12(14)6-10)21(18,19)17-5-4-11-8-20-9-16-11/h2-3,6,8-9,15,17H,4-5,7H2,1H3. The van der Waals surface area contributed by atoms with Gasteiger partial charge in [-0.3, -0.25) is 0 Å². The topological polar surface area (TPSA) is 71.1 Å². The van der Waals surface area contributed by atoms with Crippen LogP contribution in [0.5, 0.6) is 0 Å². The number of thiazole rings is 1. The van der Waals surface area contributed by atoms with E-state index in [1.54, 1.807) is 17.6 Å². The summed E-state index contributed by atoms with van der Waals surface area (Å²) in [6, 6.07) is 5.23. The van der Waals surface area contributed by atoms with E-state index in [-0.39, 0.29) is 4.90 Å². The van der Waals surface area contributed by atoms with E-state index in [4.69, 9.17) is 0 Å². The van der Waals surface area contributed by atoms with Crippen LogP contribution in [0.2, 0.25) is 0 Å². The zero-order chi connectivity index (χ0) is 15.3. The van der Waals surface area contributed by atoms with Crippen LogP contribution in [-0.4, -0.2) is 27.0 Å². The van der Waals surface area contributed by atoms with Gasteiger partial charge in [0.15, 0.2) is 0 Å². The summed E-state index contributed by atoms with van der Waals surface area (Å²) in [5.41, 5.74) is 3.65. The average Bonchev–Trinajstić information content (AvgIpc) is 2.92. The SMILES string of the molecule is CNCc1ccc(S(=O)(=O)NCCc2cscn2)c(Br)c1. The Bertz CT molecular complexity index is 687. The third-order valence-corrected chi connectivity index (χ3v) is 5.90. The maximum Gasteiger partial charge on any atom is 0.241 e. The van der Waals surface area contributed by atoms with Crippen molar-refractivity contribution in [1.29, 1.82) is 0 Å². The van der Waals surface area contributed by atoms with Crippen LogP contribution in [0.25, 0.3) is 0 Å². The molecular weight excluding hydrogens is 374 g/mol. The number of aromatic nitrogens is 1. The highest BCUT2D eigenvalue weighted by Gasteiger charge is 2.17. The summed E-state index contributed by atoms with van der Waals surface area (Å²) in [5.74, 6) is 0. The van der Waals surface area contributed by atoms with Crippen molar-refractivity contribution in [2.24, 2.45) is 0 Å². The molecule has 0 radical (unpaired) electrons. The van der Waals surface area contributed by atoms with Crippen LogP contribution in [0.15, 0.2) is 38.5 Å². The minimum atomic E-state index is -3.52. The molecule has 0 aliphatic carbocycles. The molecule has 8 heteroatoms. The minimum absolute atomic E-state index is 0.251. The molecule has 0 aliphatic heterocycles. The maximum atomic E-state index is 12.3. The third-order valence-electron chi connectivity index (χ3n) is 2.82. The van der Waals surface area contributed by atoms with Crippen LogP contribution in [0.4, 0.5) is 0 Å². The maximum absolute atomic E-state index is 12.3. The Morgan fingerprint density at radius 1 is 1.38 bits per heavy atom. The molecule has 0 fully saturated rings. The number of nitrogens with zero attached hydrogens (tertiary/aromatic N) is 1. The molecule has 114 valence electrons. The molecule has 0 unspecified atom stereocenters. The molecule has 0 aliphatic rings. The lowest BCUT2D eigenvalue weighted by atomic mass is 10.2. The van der Waals surface area contributed by atoms with Crippen LogP contribution >= 0.6 is 27.3 Å². The Kier molecular flexibility index (Phi) is 5.88.